The molecule has 0 amide bonds. The molecule has 0 atom stereocenters. The van der Waals surface area contributed by atoms with E-state index in [2.05, 4.69) is 202 Å². The van der Waals surface area contributed by atoms with Gasteiger partial charge in [0.2, 0.25) is 0 Å². The highest BCUT2D eigenvalue weighted by atomic mass is 16.5. The highest BCUT2D eigenvalue weighted by molar-refractivity contribution is 6.09. The van der Waals surface area contributed by atoms with Crippen molar-refractivity contribution < 1.29 is 4.74 Å². The number of aryl methyl sites for hydroxylation is 1. The van der Waals surface area contributed by atoms with Crippen molar-refractivity contribution >= 4 is 44.6 Å². The third-order valence-electron chi connectivity index (χ3n) is 11.2. The average Bonchev–Trinajstić information content (AvgIpc) is 3.74. The number of anilines is 4. The molecule has 0 saturated heterocycles. The van der Waals surface area contributed by atoms with Crippen molar-refractivity contribution in [2.75, 3.05) is 16.5 Å². The first-order valence-corrected chi connectivity index (χ1v) is 19.6. The van der Waals surface area contributed by atoms with Crippen LogP contribution in [0.5, 0.6) is 11.5 Å². The number of nitrogens with zero attached hydrogens (tertiary/aromatic N) is 4. The second kappa shape index (κ2) is 13.5. The van der Waals surface area contributed by atoms with Gasteiger partial charge >= 0.3 is 0 Å². The van der Waals surface area contributed by atoms with Gasteiger partial charge in [-0.2, -0.15) is 0 Å². The number of fused-ring (bicyclic) bond motifs is 4. The second-order valence-electron chi connectivity index (χ2n) is 17.1. The first-order valence-electron chi connectivity index (χ1n) is 19.6. The zero-order valence-electron chi connectivity index (χ0n) is 33.3. The van der Waals surface area contributed by atoms with Gasteiger partial charge in [0.1, 0.15) is 24.0 Å². The molecule has 1 aliphatic heterocycles. The minimum absolute atomic E-state index is 0.107. The van der Waals surface area contributed by atoms with E-state index < -0.39 is 0 Å². The molecule has 3 heterocycles. The Bertz CT molecular complexity index is 2730. The summed E-state index contributed by atoms with van der Waals surface area (Å²) in [7, 11) is 0. The van der Waals surface area contributed by atoms with Crippen LogP contribution in [0.25, 0.3) is 38.8 Å². The van der Waals surface area contributed by atoms with E-state index in [-0.39, 0.29) is 10.8 Å². The van der Waals surface area contributed by atoms with Crippen LogP contribution in [0.3, 0.4) is 0 Å². The predicted molar refractivity (Wildman–Crippen MR) is 235 cm³/mol. The molecule has 9 rings (SSSR count). The van der Waals surface area contributed by atoms with Gasteiger partial charge in [-0.3, -0.25) is 4.57 Å². The van der Waals surface area contributed by atoms with Crippen LogP contribution in [0.2, 0.25) is 0 Å². The van der Waals surface area contributed by atoms with Crippen LogP contribution in [0, 0.1) is 6.92 Å². The fourth-order valence-electron chi connectivity index (χ4n) is 8.02. The SMILES string of the molecule is Cc1cc(-n2c3ccccc3c3ccc(Oc4cccc(N5CN(c6ccc(C(C)(C)C)cc6)c6ccccc65)c4)cc32)ncc1-c1ccc(C(C)(C)C)cc1. The van der Waals surface area contributed by atoms with Gasteiger partial charge in [-0.25, -0.2) is 4.98 Å². The van der Waals surface area contributed by atoms with Crippen LogP contribution in [0.1, 0.15) is 58.2 Å². The van der Waals surface area contributed by atoms with Crippen LogP contribution >= 0.6 is 0 Å². The lowest BCUT2D eigenvalue weighted by Crippen LogP contribution is -2.24. The zero-order chi connectivity index (χ0) is 38.8. The standard InChI is InChI=1S/C51H48N4O/c1-34-29-49(52-32-44(34)35-19-21-36(22-20-35)50(2,3)4)55-45-16-9-8-15-42(45)43-28-27-41(31-48(43)55)56-40-14-12-13-39(30-40)54-33-53(46-17-10-11-18-47(46)54)38-25-23-37(24-26-38)51(5,6)7/h8-32H,33H2,1-7H3. The van der Waals surface area contributed by atoms with Crippen molar-refractivity contribution in [1.82, 2.24) is 9.55 Å². The van der Waals surface area contributed by atoms with E-state index in [1.165, 1.54) is 44.7 Å². The van der Waals surface area contributed by atoms with Crippen molar-refractivity contribution in [3.05, 3.63) is 168 Å². The van der Waals surface area contributed by atoms with Gasteiger partial charge in [-0.1, -0.05) is 114 Å². The molecule has 278 valence electrons. The molecule has 0 bridgehead atoms. The van der Waals surface area contributed by atoms with E-state index in [4.69, 9.17) is 9.72 Å². The lowest BCUT2D eigenvalue weighted by atomic mass is 9.86. The fourth-order valence-corrected chi connectivity index (χ4v) is 8.02. The minimum Gasteiger partial charge on any atom is -0.457 e. The third-order valence-corrected chi connectivity index (χ3v) is 11.2. The first-order chi connectivity index (χ1) is 26.9. The van der Waals surface area contributed by atoms with E-state index in [1.807, 2.05) is 12.3 Å². The maximum atomic E-state index is 6.68. The van der Waals surface area contributed by atoms with E-state index in [0.717, 1.165) is 45.0 Å². The van der Waals surface area contributed by atoms with Gasteiger partial charge < -0.3 is 14.5 Å². The van der Waals surface area contributed by atoms with E-state index in [9.17, 15) is 0 Å². The quantitative estimate of drug-likeness (QED) is 0.170. The summed E-state index contributed by atoms with van der Waals surface area (Å²) < 4.78 is 8.94. The Hall–Kier alpha value is -6.33. The Morgan fingerprint density at radius 1 is 0.536 bits per heavy atom. The van der Waals surface area contributed by atoms with Gasteiger partial charge in [0.25, 0.3) is 0 Å². The summed E-state index contributed by atoms with van der Waals surface area (Å²) in [4.78, 5) is 9.81. The van der Waals surface area contributed by atoms with Gasteiger partial charge in [0.05, 0.1) is 22.4 Å². The van der Waals surface area contributed by atoms with Crippen molar-refractivity contribution in [3.8, 4) is 28.4 Å². The number of hydrogen-bond donors (Lipinski definition) is 0. The topological polar surface area (TPSA) is 33.5 Å². The molecule has 6 aromatic carbocycles. The molecule has 5 heteroatoms. The van der Waals surface area contributed by atoms with Crippen molar-refractivity contribution in [1.29, 1.82) is 0 Å². The molecule has 5 nitrogen and oxygen atoms in total. The molecule has 0 unspecified atom stereocenters. The van der Waals surface area contributed by atoms with Crippen LogP contribution in [0.4, 0.5) is 22.7 Å². The maximum absolute atomic E-state index is 6.68. The molecule has 8 aromatic rings. The number of hydrogen-bond acceptors (Lipinski definition) is 4. The number of para-hydroxylation sites is 3. The van der Waals surface area contributed by atoms with Crippen molar-refractivity contribution in [2.24, 2.45) is 0 Å². The lowest BCUT2D eigenvalue weighted by Gasteiger charge is -2.24. The predicted octanol–water partition coefficient (Wildman–Crippen LogP) is 13.8. The van der Waals surface area contributed by atoms with Gasteiger partial charge in [0.15, 0.2) is 0 Å². The third kappa shape index (κ3) is 6.37. The normalized spacial score (nSPS) is 13.1. The summed E-state index contributed by atoms with van der Waals surface area (Å²) in [6, 6.07) is 52.1. The summed E-state index contributed by atoms with van der Waals surface area (Å²) in [5, 5.41) is 2.34. The second-order valence-corrected chi connectivity index (χ2v) is 17.1. The van der Waals surface area contributed by atoms with Crippen LogP contribution in [-0.4, -0.2) is 16.2 Å². The molecule has 0 aliphatic carbocycles. The summed E-state index contributed by atoms with van der Waals surface area (Å²) >= 11 is 0. The van der Waals surface area contributed by atoms with Crippen LogP contribution in [0.15, 0.2) is 152 Å². The highest BCUT2D eigenvalue weighted by Gasteiger charge is 2.28. The molecule has 0 fully saturated rings. The smallest absolute Gasteiger partial charge is 0.137 e. The number of rotatable bonds is 6. The van der Waals surface area contributed by atoms with Crippen molar-refractivity contribution in [3.63, 3.8) is 0 Å². The maximum Gasteiger partial charge on any atom is 0.137 e. The molecule has 0 saturated carbocycles. The Morgan fingerprint density at radius 3 is 1.82 bits per heavy atom. The molecule has 1 aliphatic rings. The number of ether oxygens (including phenoxy) is 1. The Labute approximate surface area is 330 Å². The Balaban J connectivity index is 1.03. The molecule has 0 radical (unpaired) electrons. The average molecular weight is 733 g/mol. The van der Waals surface area contributed by atoms with Gasteiger partial charge in [0, 0.05) is 46.0 Å². The Kier molecular flexibility index (Phi) is 8.50. The van der Waals surface area contributed by atoms with Crippen LogP contribution in [-0.2, 0) is 10.8 Å². The molecule has 2 aromatic heterocycles. The van der Waals surface area contributed by atoms with E-state index in [1.54, 1.807) is 0 Å². The number of pyridine rings is 1. The van der Waals surface area contributed by atoms with E-state index >= 15 is 0 Å². The fraction of sp³-hybridized carbons (Fsp3) is 0.196. The first kappa shape index (κ1) is 35.4. The Morgan fingerprint density at radius 2 is 1.14 bits per heavy atom. The highest BCUT2D eigenvalue weighted by Crippen LogP contribution is 2.45. The summed E-state index contributed by atoms with van der Waals surface area (Å²) in [6.07, 6.45) is 2.02. The monoisotopic (exact) mass is 732 g/mol. The summed E-state index contributed by atoms with van der Waals surface area (Å²) in [5.74, 6) is 2.44. The largest absolute Gasteiger partial charge is 0.457 e. The molecular weight excluding hydrogens is 685 g/mol. The minimum atomic E-state index is 0.107. The summed E-state index contributed by atoms with van der Waals surface area (Å²) in [6.45, 7) is 16.4. The van der Waals surface area contributed by atoms with Gasteiger partial charge in [-0.05, 0) is 101 Å². The van der Waals surface area contributed by atoms with Crippen LogP contribution < -0.4 is 14.5 Å². The molecular formula is C51H48N4O. The van der Waals surface area contributed by atoms with E-state index in [0.29, 0.717) is 6.67 Å². The lowest BCUT2D eigenvalue weighted by molar-refractivity contribution is 0.483. The zero-order valence-corrected chi connectivity index (χ0v) is 33.3. The number of aromatic nitrogens is 2. The van der Waals surface area contributed by atoms with Gasteiger partial charge in [-0.15, -0.1) is 0 Å². The number of benzene rings is 6. The molecule has 56 heavy (non-hydrogen) atoms. The molecule has 0 spiro atoms. The molecule has 0 N–H and O–H groups in total. The summed E-state index contributed by atoms with van der Waals surface area (Å²) in [5.41, 5.74) is 13.1. The van der Waals surface area contributed by atoms with Crippen molar-refractivity contribution in [2.45, 2.75) is 59.3 Å².